The molecule has 7 heteroatoms. The van der Waals surface area contributed by atoms with E-state index in [-0.39, 0.29) is 27.2 Å². The van der Waals surface area contributed by atoms with Crippen LogP contribution in [0.2, 0.25) is 10.2 Å². The third kappa shape index (κ3) is 4.43. The maximum Gasteiger partial charge on any atom is 0.211 e. The van der Waals surface area contributed by atoms with Gasteiger partial charge in [0.15, 0.2) is 0 Å². The third-order valence-corrected chi connectivity index (χ3v) is 5.91. The van der Waals surface area contributed by atoms with Crippen LogP contribution in [-0.2, 0) is 0 Å². The number of ketones is 1. The molecule has 0 bridgehead atoms. The Balaban J connectivity index is 2.20. The van der Waals surface area contributed by atoms with Gasteiger partial charge in [0.05, 0.1) is 21.2 Å². The van der Waals surface area contributed by atoms with Crippen LogP contribution in [0.1, 0.15) is 50.0 Å². The Morgan fingerprint density at radius 1 is 1.44 bits per heavy atom. The molecule has 0 spiro atoms. The zero-order valence-corrected chi connectivity index (χ0v) is 16.4. The van der Waals surface area contributed by atoms with Gasteiger partial charge >= 0.3 is 0 Å². The topological polar surface area (TPSA) is 73.3 Å². The van der Waals surface area contributed by atoms with Crippen molar-refractivity contribution >= 4 is 40.6 Å². The molecule has 2 rings (SSSR count). The molecular weight excluding hydrogens is 385 g/mol. The maximum absolute atomic E-state index is 12.7. The summed E-state index contributed by atoms with van der Waals surface area (Å²) in [4.78, 5) is 14.2. The Morgan fingerprint density at radius 3 is 2.68 bits per heavy atom. The summed E-state index contributed by atoms with van der Waals surface area (Å²) in [7, 11) is 0. The number of hydrogen-bond donors (Lipinski definition) is 3. The number of aliphatic hydroxyl groups is 2. The van der Waals surface area contributed by atoms with Crippen molar-refractivity contribution in [3.8, 4) is 0 Å². The number of rotatable bonds is 7. The lowest BCUT2D eigenvalue weighted by Crippen LogP contribution is -2.41. The second-order valence-electron chi connectivity index (χ2n) is 6.54. The lowest BCUT2D eigenvalue weighted by Gasteiger charge is -2.33. The molecule has 3 N–H and O–H groups in total. The van der Waals surface area contributed by atoms with Crippen molar-refractivity contribution in [3.63, 3.8) is 0 Å². The van der Waals surface area contributed by atoms with E-state index in [2.05, 4.69) is 18.8 Å². The van der Waals surface area contributed by atoms with Gasteiger partial charge in [-0.15, -0.1) is 11.6 Å². The second-order valence-corrected chi connectivity index (χ2v) is 8.03. The number of aliphatic hydroxyl groups excluding tert-OH is 2. The Hall–Kier alpha value is -0.940. The Labute approximate surface area is 162 Å². The summed E-state index contributed by atoms with van der Waals surface area (Å²) in [6, 6.07) is 1.36. The van der Waals surface area contributed by atoms with E-state index in [9.17, 15) is 15.0 Å². The highest BCUT2D eigenvalue weighted by atomic mass is 35.5. The van der Waals surface area contributed by atoms with Crippen LogP contribution < -0.4 is 0 Å². The lowest BCUT2D eigenvalue weighted by molar-refractivity contribution is 0.0943. The van der Waals surface area contributed by atoms with E-state index < -0.39 is 16.8 Å². The van der Waals surface area contributed by atoms with E-state index in [0.717, 1.165) is 19.3 Å². The van der Waals surface area contributed by atoms with Crippen molar-refractivity contribution in [1.29, 1.82) is 0 Å². The highest BCUT2D eigenvalue weighted by Crippen LogP contribution is 2.38. The quantitative estimate of drug-likeness (QED) is 0.417. The van der Waals surface area contributed by atoms with Gasteiger partial charge in [-0.2, -0.15) is 0 Å². The molecule has 0 radical (unpaired) electrons. The predicted molar refractivity (Wildman–Crippen MR) is 102 cm³/mol. The molecule has 0 saturated heterocycles. The number of allylic oxidation sites excluding steroid dienone is 1. The Bertz CT molecular complexity index is 691. The molecule has 3 unspecified atom stereocenters. The first-order chi connectivity index (χ1) is 11.7. The SMILES string of the molecule is CCC(C)CCCC1(Cl)C=CC(O)=C(C(=O)c2cc(Cl)c(Cl)[nH]2)C1O. The zero-order valence-electron chi connectivity index (χ0n) is 14.2. The summed E-state index contributed by atoms with van der Waals surface area (Å²) in [5, 5.41) is 21.1. The van der Waals surface area contributed by atoms with Crippen LogP contribution in [0.5, 0.6) is 0 Å². The van der Waals surface area contributed by atoms with Crippen molar-refractivity contribution in [2.75, 3.05) is 0 Å². The molecule has 1 heterocycles. The lowest BCUT2D eigenvalue weighted by atomic mass is 9.82. The number of aromatic nitrogens is 1. The van der Waals surface area contributed by atoms with E-state index in [4.69, 9.17) is 34.8 Å². The number of alkyl halides is 1. The van der Waals surface area contributed by atoms with Gasteiger partial charge in [-0.05, 0) is 24.5 Å². The predicted octanol–water partition coefficient (Wildman–Crippen LogP) is 5.44. The summed E-state index contributed by atoms with van der Waals surface area (Å²) < 4.78 is 0. The number of carbonyl (C=O) groups excluding carboxylic acids is 1. The van der Waals surface area contributed by atoms with Gasteiger partial charge in [0.2, 0.25) is 5.78 Å². The van der Waals surface area contributed by atoms with Gasteiger partial charge in [-0.1, -0.05) is 62.4 Å². The minimum atomic E-state index is -1.33. The van der Waals surface area contributed by atoms with Gasteiger partial charge in [-0.3, -0.25) is 4.79 Å². The Kier molecular flexibility index (Phi) is 6.66. The van der Waals surface area contributed by atoms with Gasteiger partial charge < -0.3 is 15.2 Å². The normalized spacial score (nSPS) is 24.6. The van der Waals surface area contributed by atoms with E-state index >= 15 is 0 Å². The molecule has 1 aromatic heterocycles. The van der Waals surface area contributed by atoms with Crippen LogP contribution in [0.25, 0.3) is 0 Å². The molecular formula is C18H22Cl3NO3. The first kappa shape index (κ1) is 20.4. The van der Waals surface area contributed by atoms with Crippen LogP contribution in [-0.4, -0.2) is 32.0 Å². The summed E-state index contributed by atoms with van der Waals surface area (Å²) >= 11 is 18.3. The minimum absolute atomic E-state index is 0.0875. The van der Waals surface area contributed by atoms with E-state index in [1.165, 1.54) is 12.1 Å². The van der Waals surface area contributed by atoms with Crippen molar-refractivity contribution in [2.24, 2.45) is 5.92 Å². The largest absolute Gasteiger partial charge is 0.507 e. The maximum atomic E-state index is 12.7. The smallest absolute Gasteiger partial charge is 0.211 e. The number of hydrogen-bond acceptors (Lipinski definition) is 3. The van der Waals surface area contributed by atoms with Crippen LogP contribution in [0.4, 0.5) is 0 Å². The first-order valence-corrected chi connectivity index (χ1v) is 9.41. The minimum Gasteiger partial charge on any atom is -0.507 e. The molecule has 0 fully saturated rings. The van der Waals surface area contributed by atoms with Crippen LogP contribution >= 0.6 is 34.8 Å². The average Bonchev–Trinajstić information content (AvgIpc) is 2.91. The summed E-state index contributed by atoms with van der Waals surface area (Å²) in [5.74, 6) is -0.328. The first-order valence-electron chi connectivity index (χ1n) is 8.27. The highest BCUT2D eigenvalue weighted by Gasteiger charge is 2.42. The number of aromatic amines is 1. The molecule has 0 aromatic carbocycles. The van der Waals surface area contributed by atoms with Crippen LogP contribution in [0.3, 0.4) is 0 Å². The molecule has 25 heavy (non-hydrogen) atoms. The fraction of sp³-hybridized carbons (Fsp3) is 0.500. The van der Waals surface area contributed by atoms with E-state index in [0.29, 0.717) is 12.3 Å². The summed E-state index contributed by atoms with van der Waals surface area (Å²) in [6.07, 6.45) is 4.94. The second kappa shape index (κ2) is 8.17. The average molecular weight is 407 g/mol. The molecule has 0 amide bonds. The molecule has 0 saturated carbocycles. The number of halogens is 3. The highest BCUT2D eigenvalue weighted by molar-refractivity contribution is 6.42. The molecule has 1 aliphatic carbocycles. The van der Waals surface area contributed by atoms with Crippen molar-refractivity contribution in [3.05, 3.63) is 45.4 Å². The standard InChI is InChI=1S/C18H22Cl3NO3/c1-3-10(2)5-4-7-18(21)8-6-13(23)14(16(18)25)15(24)12-9-11(19)17(20)22-12/h6,8-10,16,22-23,25H,3-5,7H2,1-2H3. The molecule has 3 atom stereocenters. The molecule has 1 aliphatic rings. The number of carbonyl (C=O) groups is 1. The number of nitrogens with one attached hydrogen (secondary N) is 1. The van der Waals surface area contributed by atoms with E-state index in [1.54, 1.807) is 6.08 Å². The van der Waals surface area contributed by atoms with Crippen molar-refractivity contribution in [1.82, 2.24) is 4.98 Å². The fourth-order valence-electron chi connectivity index (χ4n) is 2.84. The fourth-order valence-corrected chi connectivity index (χ4v) is 3.45. The molecule has 0 aliphatic heterocycles. The zero-order chi connectivity index (χ0) is 18.8. The molecule has 4 nitrogen and oxygen atoms in total. The molecule has 1 aromatic rings. The van der Waals surface area contributed by atoms with Gasteiger partial charge in [-0.25, -0.2) is 0 Å². The number of H-pyrrole nitrogens is 1. The van der Waals surface area contributed by atoms with Crippen molar-refractivity contribution in [2.45, 2.75) is 50.5 Å². The van der Waals surface area contributed by atoms with Gasteiger partial charge in [0.1, 0.15) is 17.0 Å². The summed E-state index contributed by atoms with van der Waals surface area (Å²) in [6.45, 7) is 4.29. The van der Waals surface area contributed by atoms with Gasteiger partial charge in [0, 0.05) is 0 Å². The molecule has 138 valence electrons. The van der Waals surface area contributed by atoms with Crippen LogP contribution in [0, 0.1) is 5.92 Å². The Morgan fingerprint density at radius 2 is 2.12 bits per heavy atom. The van der Waals surface area contributed by atoms with E-state index in [1.807, 2.05) is 0 Å². The number of Topliss-reactive ketones (excluding diaryl/α,β-unsaturated/α-hetero) is 1. The third-order valence-electron chi connectivity index (χ3n) is 4.69. The summed E-state index contributed by atoms with van der Waals surface area (Å²) in [5.41, 5.74) is -0.0693. The monoisotopic (exact) mass is 405 g/mol. The van der Waals surface area contributed by atoms with Crippen molar-refractivity contribution < 1.29 is 15.0 Å². The van der Waals surface area contributed by atoms with Gasteiger partial charge in [0.25, 0.3) is 0 Å². The van der Waals surface area contributed by atoms with Crippen LogP contribution in [0.15, 0.2) is 29.6 Å².